The van der Waals surface area contributed by atoms with Gasteiger partial charge in [-0.2, -0.15) is 0 Å². The van der Waals surface area contributed by atoms with Crippen LogP contribution in [0.15, 0.2) is 46.2 Å². The molecular formula is C24H27N3O4S. The van der Waals surface area contributed by atoms with E-state index in [2.05, 4.69) is 4.98 Å². The van der Waals surface area contributed by atoms with Crippen molar-refractivity contribution >= 4 is 23.2 Å². The van der Waals surface area contributed by atoms with Crippen LogP contribution in [0.5, 0.6) is 5.75 Å². The smallest absolute Gasteiger partial charge is 0.276 e. The molecule has 3 heterocycles. The predicted molar refractivity (Wildman–Crippen MR) is 123 cm³/mol. The summed E-state index contributed by atoms with van der Waals surface area (Å²) in [5, 5.41) is 1.95. The number of oxazole rings is 1. The Balaban J connectivity index is 1.33. The van der Waals surface area contributed by atoms with E-state index < -0.39 is 0 Å². The number of carbonyl (C=O) groups excluding carboxylic acids is 2. The maximum absolute atomic E-state index is 13.1. The zero-order valence-corrected chi connectivity index (χ0v) is 19.2. The first kappa shape index (κ1) is 22.1. The van der Waals surface area contributed by atoms with Crippen molar-refractivity contribution in [1.29, 1.82) is 0 Å². The Labute approximate surface area is 191 Å². The molecule has 4 rings (SSSR count). The third-order valence-corrected chi connectivity index (χ3v) is 6.51. The van der Waals surface area contributed by atoms with Crippen LogP contribution in [0.1, 0.15) is 34.7 Å². The summed E-state index contributed by atoms with van der Waals surface area (Å²) in [5.41, 5.74) is 1.46. The van der Waals surface area contributed by atoms with Crippen molar-refractivity contribution in [2.75, 3.05) is 33.3 Å². The van der Waals surface area contributed by atoms with Crippen LogP contribution in [0.25, 0.3) is 10.8 Å². The van der Waals surface area contributed by atoms with Crippen LogP contribution in [-0.2, 0) is 11.2 Å². The fourth-order valence-electron chi connectivity index (χ4n) is 3.82. The first-order valence-corrected chi connectivity index (χ1v) is 11.6. The number of hydrogen-bond donors (Lipinski definition) is 0. The molecule has 1 aromatic carbocycles. The fourth-order valence-corrected chi connectivity index (χ4v) is 4.47. The van der Waals surface area contributed by atoms with Crippen molar-refractivity contribution in [2.45, 2.75) is 26.2 Å². The number of nitrogens with zero attached hydrogens (tertiary/aromatic N) is 3. The number of rotatable bonds is 6. The van der Waals surface area contributed by atoms with Gasteiger partial charge in [-0.25, -0.2) is 4.98 Å². The van der Waals surface area contributed by atoms with Crippen molar-refractivity contribution in [3.8, 4) is 16.5 Å². The van der Waals surface area contributed by atoms with Crippen LogP contribution in [0.2, 0.25) is 0 Å². The highest BCUT2D eigenvalue weighted by Gasteiger charge is 2.26. The molecule has 2 aromatic heterocycles. The van der Waals surface area contributed by atoms with E-state index in [1.54, 1.807) is 18.9 Å². The Hall–Kier alpha value is -3.13. The molecule has 0 radical (unpaired) electrons. The summed E-state index contributed by atoms with van der Waals surface area (Å²) in [4.78, 5) is 34.8. The Kier molecular flexibility index (Phi) is 6.90. The highest BCUT2D eigenvalue weighted by molar-refractivity contribution is 7.13. The number of thiophene rings is 1. The molecule has 168 valence electrons. The molecule has 2 amide bonds. The summed E-state index contributed by atoms with van der Waals surface area (Å²) < 4.78 is 10.9. The molecule has 0 bridgehead atoms. The molecule has 1 saturated heterocycles. The van der Waals surface area contributed by atoms with Crippen LogP contribution in [0, 0.1) is 6.92 Å². The number of benzene rings is 1. The highest BCUT2D eigenvalue weighted by atomic mass is 32.1. The normalized spacial score (nSPS) is 14.3. The van der Waals surface area contributed by atoms with Crippen molar-refractivity contribution < 1.29 is 18.7 Å². The minimum Gasteiger partial charge on any atom is -0.497 e. The van der Waals surface area contributed by atoms with E-state index in [0.717, 1.165) is 22.6 Å². The average Bonchev–Trinajstić information content (AvgIpc) is 3.41. The summed E-state index contributed by atoms with van der Waals surface area (Å²) in [6.45, 7) is 4.05. The van der Waals surface area contributed by atoms with Crippen LogP contribution in [0.4, 0.5) is 0 Å². The lowest BCUT2D eigenvalue weighted by atomic mass is 10.1. The molecule has 3 aromatic rings. The second-order valence-corrected chi connectivity index (χ2v) is 8.72. The molecule has 7 nitrogen and oxygen atoms in total. The van der Waals surface area contributed by atoms with Gasteiger partial charge in [0.2, 0.25) is 11.8 Å². The number of aromatic nitrogens is 1. The van der Waals surface area contributed by atoms with Gasteiger partial charge in [0, 0.05) is 32.6 Å². The van der Waals surface area contributed by atoms with Gasteiger partial charge in [-0.15, -0.1) is 11.3 Å². The van der Waals surface area contributed by atoms with Crippen molar-refractivity contribution in [3.05, 3.63) is 58.8 Å². The number of ether oxygens (including phenoxy) is 1. The summed E-state index contributed by atoms with van der Waals surface area (Å²) >= 11 is 1.53. The minimum absolute atomic E-state index is 0.118. The molecule has 0 unspecified atom stereocenters. The SMILES string of the molecule is COc1ccc(CCC(=O)N2CCCN(C(=O)c3nc(-c4cccs4)oc3C)CC2)cc1. The van der Waals surface area contributed by atoms with E-state index >= 15 is 0 Å². The molecule has 8 heteroatoms. The molecule has 0 saturated carbocycles. The third kappa shape index (κ3) is 5.02. The molecule has 0 aliphatic carbocycles. The van der Waals surface area contributed by atoms with Gasteiger partial charge in [0.25, 0.3) is 5.91 Å². The van der Waals surface area contributed by atoms with Gasteiger partial charge < -0.3 is 19.0 Å². The second-order valence-electron chi connectivity index (χ2n) is 7.78. The van der Waals surface area contributed by atoms with E-state index in [1.807, 2.05) is 46.7 Å². The van der Waals surface area contributed by atoms with E-state index in [4.69, 9.17) is 9.15 Å². The molecular weight excluding hydrogens is 426 g/mol. The minimum atomic E-state index is -0.137. The Bertz CT molecular complexity index is 1060. The zero-order valence-electron chi connectivity index (χ0n) is 18.4. The quantitative estimate of drug-likeness (QED) is 0.563. The van der Waals surface area contributed by atoms with Gasteiger partial charge >= 0.3 is 0 Å². The predicted octanol–water partition coefficient (Wildman–Crippen LogP) is 4.03. The third-order valence-electron chi connectivity index (χ3n) is 5.65. The summed E-state index contributed by atoms with van der Waals surface area (Å²) in [6, 6.07) is 11.6. The standard InChI is InChI=1S/C24H27N3O4S/c1-17-22(25-23(31-17)20-5-3-16-32-20)24(29)27-13-4-12-26(14-15-27)21(28)11-8-18-6-9-19(30-2)10-7-18/h3,5-7,9-10,16H,4,8,11-15H2,1-2H3. The molecule has 0 atom stereocenters. The van der Waals surface area contributed by atoms with Crippen molar-refractivity contribution in [3.63, 3.8) is 0 Å². The van der Waals surface area contributed by atoms with Gasteiger partial charge in [0.05, 0.1) is 12.0 Å². The van der Waals surface area contributed by atoms with E-state index in [9.17, 15) is 9.59 Å². The lowest BCUT2D eigenvalue weighted by molar-refractivity contribution is -0.131. The highest BCUT2D eigenvalue weighted by Crippen LogP contribution is 2.26. The molecule has 1 fully saturated rings. The summed E-state index contributed by atoms with van der Waals surface area (Å²) in [7, 11) is 1.64. The van der Waals surface area contributed by atoms with Gasteiger partial charge in [-0.05, 0) is 48.9 Å². The number of hydrogen-bond acceptors (Lipinski definition) is 6. The lowest BCUT2D eigenvalue weighted by Gasteiger charge is -2.22. The summed E-state index contributed by atoms with van der Waals surface area (Å²) in [6.07, 6.45) is 1.88. The van der Waals surface area contributed by atoms with Crippen molar-refractivity contribution in [1.82, 2.24) is 14.8 Å². The van der Waals surface area contributed by atoms with Crippen LogP contribution < -0.4 is 4.74 Å². The van der Waals surface area contributed by atoms with Gasteiger partial charge in [-0.3, -0.25) is 9.59 Å². The van der Waals surface area contributed by atoms with Crippen molar-refractivity contribution in [2.24, 2.45) is 0 Å². The number of methoxy groups -OCH3 is 1. The molecule has 1 aliphatic heterocycles. The Morgan fingerprint density at radius 1 is 1.09 bits per heavy atom. The monoisotopic (exact) mass is 453 g/mol. The van der Waals surface area contributed by atoms with Crippen LogP contribution in [-0.4, -0.2) is 59.9 Å². The van der Waals surface area contributed by atoms with Gasteiger partial charge in [0.1, 0.15) is 11.5 Å². The van der Waals surface area contributed by atoms with Gasteiger partial charge in [0.15, 0.2) is 5.69 Å². The largest absolute Gasteiger partial charge is 0.497 e. The first-order valence-electron chi connectivity index (χ1n) is 10.8. The molecule has 32 heavy (non-hydrogen) atoms. The second kappa shape index (κ2) is 9.99. The molecule has 1 aliphatic rings. The maximum atomic E-state index is 13.1. The van der Waals surface area contributed by atoms with Crippen LogP contribution >= 0.6 is 11.3 Å². The number of amides is 2. The topological polar surface area (TPSA) is 75.9 Å². The fraction of sp³-hybridized carbons (Fsp3) is 0.375. The Morgan fingerprint density at radius 3 is 2.56 bits per heavy atom. The number of carbonyl (C=O) groups is 2. The van der Waals surface area contributed by atoms with Crippen LogP contribution in [0.3, 0.4) is 0 Å². The first-order chi connectivity index (χ1) is 15.5. The van der Waals surface area contributed by atoms with E-state index in [-0.39, 0.29) is 11.8 Å². The lowest BCUT2D eigenvalue weighted by Crippen LogP contribution is -2.37. The summed E-state index contributed by atoms with van der Waals surface area (Å²) in [5.74, 6) is 1.79. The zero-order chi connectivity index (χ0) is 22.5. The molecule has 0 spiro atoms. The number of aryl methyl sites for hydroxylation is 2. The van der Waals surface area contributed by atoms with E-state index in [1.165, 1.54) is 11.3 Å². The average molecular weight is 454 g/mol. The molecule has 0 N–H and O–H groups in total. The van der Waals surface area contributed by atoms with Gasteiger partial charge in [-0.1, -0.05) is 18.2 Å². The maximum Gasteiger partial charge on any atom is 0.276 e. The van der Waals surface area contributed by atoms with E-state index in [0.29, 0.717) is 56.4 Å². The Morgan fingerprint density at radius 2 is 1.84 bits per heavy atom.